The molecule has 1 aliphatic heterocycles. The van der Waals surface area contributed by atoms with Crippen molar-refractivity contribution >= 4 is 5.91 Å². The predicted molar refractivity (Wildman–Crippen MR) is 69.8 cm³/mol. The lowest BCUT2D eigenvalue weighted by molar-refractivity contribution is -0.131. The van der Waals surface area contributed by atoms with Crippen LogP contribution in [0.1, 0.15) is 44.9 Å². The number of piperidine rings is 1. The molecule has 1 N–H and O–H groups in total. The highest BCUT2D eigenvalue weighted by molar-refractivity contribution is 5.81. The highest BCUT2D eigenvalue weighted by Crippen LogP contribution is 2.33. The maximum atomic E-state index is 11.9. The van der Waals surface area contributed by atoms with Crippen LogP contribution in [0.2, 0.25) is 0 Å². The van der Waals surface area contributed by atoms with Crippen LogP contribution in [0.15, 0.2) is 0 Å². The molecule has 1 saturated heterocycles. The third-order valence-corrected chi connectivity index (χ3v) is 4.39. The number of rotatable bonds is 3. The van der Waals surface area contributed by atoms with E-state index < -0.39 is 0 Å². The van der Waals surface area contributed by atoms with E-state index in [1.165, 1.54) is 38.5 Å². The van der Waals surface area contributed by atoms with Crippen LogP contribution >= 0.6 is 0 Å². The molecule has 2 fully saturated rings. The van der Waals surface area contributed by atoms with Gasteiger partial charge in [-0.2, -0.15) is 0 Å². The molecule has 2 atom stereocenters. The Kier molecular flexibility index (Phi) is 4.43. The zero-order chi connectivity index (χ0) is 12.3. The van der Waals surface area contributed by atoms with E-state index in [1.807, 2.05) is 14.1 Å². The number of nitrogens with zero attached hydrogens (tertiary/aromatic N) is 1. The zero-order valence-electron chi connectivity index (χ0n) is 11.2. The van der Waals surface area contributed by atoms with E-state index in [0.29, 0.717) is 0 Å². The van der Waals surface area contributed by atoms with E-state index in [1.54, 1.807) is 4.90 Å². The molecule has 3 heteroatoms. The Labute approximate surface area is 105 Å². The molecule has 1 saturated carbocycles. The Hall–Kier alpha value is -0.570. The zero-order valence-corrected chi connectivity index (χ0v) is 11.2. The second kappa shape index (κ2) is 5.85. The summed E-state index contributed by atoms with van der Waals surface area (Å²) < 4.78 is 0. The number of carbonyl (C=O) groups excluding carboxylic acids is 1. The lowest BCUT2D eigenvalue weighted by atomic mass is 9.84. The average molecular weight is 238 g/mol. The first kappa shape index (κ1) is 12.9. The summed E-state index contributed by atoms with van der Waals surface area (Å²) in [5.41, 5.74) is 0. The van der Waals surface area contributed by atoms with Gasteiger partial charge in [0.15, 0.2) is 0 Å². The largest absolute Gasteiger partial charge is 0.347 e. The second-order valence-electron chi connectivity index (χ2n) is 6.02. The molecule has 3 nitrogen and oxygen atoms in total. The predicted octanol–water partition coefficient (Wildman–Crippen LogP) is 2.02. The van der Waals surface area contributed by atoms with Crippen LogP contribution in [-0.2, 0) is 4.79 Å². The van der Waals surface area contributed by atoms with Crippen molar-refractivity contribution in [2.45, 2.75) is 51.0 Å². The molecule has 0 radical (unpaired) electrons. The van der Waals surface area contributed by atoms with Gasteiger partial charge in [0.1, 0.15) is 0 Å². The molecule has 0 bridgehead atoms. The van der Waals surface area contributed by atoms with Gasteiger partial charge in [0.05, 0.1) is 6.04 Å². The highest BCUT2D eigenvalue weighted by Gasteiger charge is 2.29. The van der Waals surface area contributed by atoms with Crippen LogP contribution in [0.25, 0.3) is 0 Å². The van der Waals surface area contributed by atoms with E-state index in [2.05, 4.69) is 5.32 Å². The van der Waals surface area contributed by atoms with Crippen molar-refractivity contribution in [2.24, 2.45) is 11.8 Å². The summed E-state index contributed by atoms with van der Waals surface area (Å²) in [7, 11) is 3.70. The standard InChI is InChI=1S/C14H26N2O/c1-16(2)14(17)13-10-12(7-8-15-13)9-11-5-3-4-6-11/h11-13,15H,3-10H2,1-2H3. The first-order chi connectivity index (χ1) is 8.16. The minimum atomic E-state index is 0.0742. The lowest BCUT2D eigenvalue weighted by Gasteiger charge is -2.32. The molecule has 1 heterocycles. The molecule has 2 aliphatic rings. The molecule has 1 aliphatic carbocycles. The molecule has 0 aromatic rings. The third-order valence-electron chi connectivity index (χ3n) is 4.39. The fourth-order valence-corrected chi connectivity index (χ4v) is 3.43. The summed E-state index contributed by atoms with van der Waals surface area (Å²) in [4.78, 5) is 13.7. The molecule has 0 aromatic carbocycles. The number of amides is 1. The van der Waals surface area contributed by atoms with E-state index in [9.17, 15) is 4.79 Å². The maximum absolute atomic E-state index is 11.9. The summed E-state index contributed by atoms with van der Waals surface area (Å²) in [6.45, 7) is 1.02. The van der Waals surface area contributed by atoms with Gasteiger partial charge in [-0.1, -0.05) is 25.7 Å². The van der Waals surface area contributed by atoms with Gasteiger partial charge in [-0.3, -0.25) is 4.79 Å². The van der Waals surface area contributed by atoms with Crippen LogP contribution in [-0.4, -0.2) is 37.5 Å². The third kappa shape index (κ3) is 3.44. The van der Waals surface area contributed by atoms with Crippen molar-refractivity contribution in [1.82, 2.24) is 10.2 Å². The second-order valence-corrected chi connectivity index (χ2v) is 6.02. The van der Waals surface area contributed by atoms with Gasteiger partial charge >= 0.3 is 0 Å². The average Bonchev–Trinajstić information content (AvgIpc) is 2.81. The van der Waals surface area contributed by atoms with E-state index in [4.69, 9.17) is 0 Å². The summed E-state index contributed by atoms with van der Waals surface area (Å²) in [5.74, 6) is 1.97. The molecule has 0 aromatic heterocycles. The monoisotopic (exact) mass is 238 g/mol. The molecule has 2 rings (SSSR count). The Balaban J connectivity index is 1.81. The molecule has 17 heavy (non-hydrogen) atoms. The van der Waals surface area contributed by atoms with Crippen molar-refractivity contribution in [3.8, 4) is 0 Å². The maximum Gasteiger partial charge on any atom is 0.239 e. The number of hydrogen-bond acceptors (Lipinski definition) is 2. The van der Waals surface area contributed by atoms with Crippen molar-refractivity contribution in [2.75, 3.05) is 20.6 Å². The van der Waals surface area contributed by atoms with Crippen LogP contribution in [0.5, 0.6) is 0 Å². The summed E-state index contributed by atoms with van der Waals surface area (Å²) in [5, 5.41) is 3.36. The molecular weight excluding hydrogens is 212 g/mol. The van der Waals surface area contributed by atoms with Crippen LogP contribution in [0.3, 0.4) is 0 Å². The quantitative estimate of drug-likeness (QED) is 0.816. The number of hydrogen-bond donors (Lipinski definition) is 1. The Morgan fingerprint density at radius 1 is 1.18 bits per heavy atom. The van der Waals surface area contributed by atoms with E-state index in [0.717, 1.165) is 24.8 Å². The van der Waals surface area contributed by atoms with Gasteiger partial charge in [-0.15, -0.1) is 0 Å². The van der Waals surface area contributed by atoms with Gasteiger partial charge in [0, 0.05) is 14.1 Å². The van der Waals surface area contributed by atoms with E-state index >= 15 is 0 Å². The van der Waals surface area contributed by atoms with Crippen LogP contribution in [0, 0.1) is 11.8 Å². The Morgan fingerprint density at radius 3 is 2.53 bits per heavy atom. The minimum Gasteiger partial charge on any atom is -0.347 e. The Morgan fingerprint density at radius 2 is 1.88 bits per heavy atom. The van der Waals surface area contributed by atoms with Crippen molar-refractivity contribution in [3.05, 3.63) is 0 Å². The fourth-order valence-electron chi connectivity index (χ4n) is 3.43. The van der Waals surface area contributed by atoms with Gasteiger partial charge in [0.2, 0.25) is 5.91 Å². The molecule has 2 unspecified atom stereocenters. The minimum absolute atomic E-state index is 0.0742. The topological polar surface area (TPSA) is 32.3 Å². The lowest BCUT2D eigenvalue weighted by Crippen LogP contribution is -2.48. The van der Waals surface area contributed by atoms with Gasteiger partial charge < -0.3 is 10.2 Å². The highest BCUT2D eigenvalue weighted by atomic mass is 16.2. The van der Waals surface area contributed by atoms with Crippen molar-refractivity contribution < 1.29 is 4.79 Å². The fraction of sp³-hybridized carbons (Fsp3) is 0.929. The number of nitrogens with one attached hydrogen (secondary N) is 1. The molecular formula is C14H26N2O. The first-order valence-corrected chi connectivity index (χ1v) is 7.11. The molecule has 1 amide bonds. The molecule has 0 spiro atoms. The van der Waals surface area contributed by atoms with Gasteiger partial charge in [0.25, 0.3) is 0 Å². The first-order valence-electron chi connectivity index (χ1n) is 7.11. The number of likely N-dealkylation sites (N-methyl/N-ethyl adjacent to an activating group) is 1. The van der Waals surface area contributed by atoms with Crippen molar-refractivity contribution in [1.29, 1.82) is 0 Å². The van der Waals surface area contributed by atoms with Crippen LogP contribution in [0.4, 0.5) is 0 Å². The van der Waals surface area contributed by atoms with Gasteiger partial charge in [-0.25, -0.2) is 0 Å². The van der Waals surface area contributed by atoms with Crippen LogP contribution < -0.4 is 5.32 Å². The smallest absolute Gasteiger partial charge is 0.239 e. The van der Waals surface area contributed by atoms with Gasteiger partial charge in [-0.05, 0) is 37.6 Å². The summed E-state index contributed by atoms with van der Waals surface area (Å²) in [6.07, 6.45) is 9.37. The Bertz CT molecular complexity index is 259. The van der Waals surface area contributed by atoms with Crippen molar-refractivity contribution in [3.63, 3.8) is 0 Å². The number of carbonyl (C=O) groups is 1. The normalized spacial score (nSPS) is 30.5. The van der Waals surface area contributed by atoms with E-state index in [-0.39, 0.29) is 11.9 Å². The summed E-state index contributed by atoms with van der Waals surface area (Å²) in [6, 6.07) is 0.0742. The summed E-state index contributed by atoms with van der Waals surface area (Å²) >= 11 is 0. The molecule has 98 valence electrons. The SMILES string of the molecule is CN(C)C(=O)C1CC(CC2CCCC2)CCN1.